The Balaban J connectivity index is 1.92. The van der Waals surface area contributed by atoms with Crippen LogP contribution in [0.15, 0.2) is 17.5 Å². The molecular weight excluding hydrogens is 268 g/mol. The van der Waals surface area contributed by atoms with Crippen LogP contribution in [0.5, 0.6) is 0 Å². The quantitative estimate of drug-likeness (QED) is 0.856. The van der Waals surface area contributed by atoms with Gasteiger partial charge in [-0.05, 0) is 30.7 Å². The number of thiophene rings is 1. The Kier molecular flexibility index (Phi) is 4.33. The van der Waals surface area contributed by atoms with Gasteiger partial charge in [0.05, 0.1) is 12.1 Å². The third kappa shape index (κ3) is 3.08. The lowest BCUT2D eigenvalue weighted by Crippen LogP contribution is -2.04. The lowest BCUT2D eigenvalue weighted by molar-refractivity contribution is 0.0596. The number of esters is 1. The number of methoxy groups -OCH3 is 1. The van der Waals surface area contributed by atoms with Gasteiger partial charge < -0.3 is 10.5 Å². The molecule has 4 nitrogen and oxygen atoms in total. The molecule has 18 heavy (non-hydrogen) atoms. The van der Waals surface area contributed by atoms with Gasteiger partial charge in [-0.25, -0.2) is 9.78 Å². The molecule has 0 saturated carbocycles. The minimum Gasteiger partial charge on any atom is -0.464 e. The van der Waals surface area contributed by atoms with Crippen molar-refractivity contribution in [2.24, 2.45) is 0 Å². The summed E-state index contributed by atoms with van der Waals surface area (Å²) >= 11 is 3.12. The van der Waals surface area contributed by atoms with Crippen LogP contribution in [-0.2, 0) is 17.6 Å². The summed E-state index contributed by atoms with van der Waals surface area (Å²) in [5.41, 5.74) is 5.99. The lowest BCUT2D eigenvalue weighted by atomic mass is 10.2. The maximum Gasteiger partial charge on any atom is 0.359 e. The van der Waals surface area contributed by atoms with Crippen molar-refractivity contribution in [2.75, 3.05) is 12.8 Å². The molecule has 2 aromatic rings. The fraction of sp³-hybridized carbons (Fsp3) is 0.333. The van der Waals surface area contributed by atoms with Crippen LogP contribution < -0.4 is 5.73 Å². The molecule has 2 rings (SSSR count). The van der Waals surface area contributed by atoms with Crippen LogP contribution in [0, 0.1) is 0 Å². The average Bonchev–Trinajstić information content (AvgIpc) is 2.98. The molecule has 0 unspecified atom stereocenters. The standard InChI is InChI=1S/C12H14N2O2S2/c1-16-12(15)10-11(13)18-9(14-10)6-2-4-8-5-3-7-17-8/h3,5,7H,2,4,6,13H2,1H3. The van der Waals surface area contributed by atoms with Gasteiger partial charge in [0.2, 0.25) is 0 Å². The van der Waals surface area contributed by atoms with Gasteiger partial charge in [0.15, 0.2) is 5.69 Å². The fourth-order valence-electron chi connectivity index (χ4n) is 1.60. The van der Waals surface area contributed by atoms with E-state index in [4.69, 9.17) is 5.73 Å². The lowest BCUT2D eigenvalue weighted by Gasteiger charge is -1.95. The van der Waals surface area contributed by atoms with Crippen LogP contribution in [0.3, 0.4) is 0 Å². The van der Waals surface area contributed by atoms with E-state index >= 15 is 0 Å². The van der Waals surface area contributed by atoms with E-state index in [-0.39, 0.29) is 5.69 Å². The molecule has 0 radical (unpaired) electrons. The topological polar surface area (TPSA) is 65.2 Å². The Labute approximate surface area is 113 Å². The first-order valence-electron chi connectivity index (χ1n) is 5.56. The Morgan fingerprint density at radius 3 is 3.00 bits per heavy atom. The van der Waals surface area contributed by atoms with E-state index in [2.05, 4.69) is 27.2 Å². The molecule has 96 valence electrons. The predicted molar refractivity (Wildman–Crippen MR) is 74.2 cm³/mol. The number of anilines is 1. The van der Waals surface area contributed by atoms with Crippen molar-refractivity contribution in [1.82, 2.24) is 4.98 Å². The van der Waals surface area contributed by atoms with Crippen LogP contribution >= 0.6 is 22.7 Å². The van der Waals surface area contributed by atoms with Crippen LogP contribution in [0.25, 0.3) is 0 Å². The van der Waals surface area contributed by atoms with Gasteiger partial charge >= 0.3 is 5.97 Å². The Hall–Kier alpha value is -1.40. The normalized spacial score (nSPS) is 10.5. The molecule has 0 saturated heterocycles. The Bertz CT molecular complexity index is 520. The molecule has 0 aromatic carbocycles. The summed E-state index contributed by atoms with van der Waals surface area (Å²) in [4.78, 5) is 16.9. The van der Waals surface area contributed by atoms with Gasteiger partial charge in [-0.2, -0.15) is 0 Å². The number of hydrogen-bond donors (Lipinski definition) is 1. The van der Waals surface area contributed by atoms with Crippen LogP contribution in [0.1, 0.15) is 26.8 Å². The van der Waals surface area contributed by atoms with Crippen molar-refractivity contribution in [3.05, 3.63) is 33.1 Å². The zero-order chi connectivity index (χ0) is 13.0. The van der Waals surface area contributed by atoms with Crippen LogP contribution in [0.4, 0.5) is 5.00 Å². The van der Waals surface area contributed by atoms with Crippen molar-refractivity contribution in [2.45, 2.75) is 19.3 Å². The first kappa shape index (κ1) is 13.0. The average molecular weight is 282 g/mol. The predicted octanol–water partition coefficient (Wildman–Crippen LogP) is 2.75. The smallest absolute Gasteiger partial charge is 0.359 e. The maximum atomic E-state index is 11.4. The van der Waals surface area contributed by atoms with E-state index < -0.39 is 5.97 Å². The van der Waals surface area contributed by atoms with E-state index in [1.54, 1.807) is 11.3 Å². The highest BCUT2D eigenvalue weighted by Crippen LogP contribution is 2.23. The van der Waals surface area contributed by atoms with Gasteiger partial charge in [0, 0.05) is 4.88 Å². The van der Waals surface area contributed by atoms with Gasteiger partial charge in [0.25, 0.3) is 0 Å². The Morgan fingerprint density at radius 2 is 2.33 bits per heavy atom. The zero-order valence-electron chi connectivity index (χ0n) is 10.0. The summed E-state index contributed by atoms with van der Waals surface area (Å²) in [6.07, 6.45) is 2.88. The SMILES string of the molecule is COC(=O)c1nc(CCCc2cccs2)sc1N. The summed E-state index contributed by atoms with van der Waals surface area (Å²) in [7, 11) is 1.33. The minimum absolute atomic E-state index is 0.244. The summed E-state index contributed by atoms with van der Waals surface area (Å²) in [5.74, 6) is -0.465. The van der Waals surface area contributed by atoms with Crippen LogP contribution in [-0.4, -0.2) is 18.1 Å². The number of nitrogens with two attached hydrogens (primary N) is 1. The third-order valence-corrected chi connectivity index (χ3v) is 4.35. The third-order valence-electron chi connectivity index (χ3n) is 2.47. The number of nitrogens with zero attached hydrogens (tertiary/aromatic N) is 1. The van der Waals surface area contributed by atoms with Crippen LogP contribution in [0.2, 0.25) is 0 Å². The number of ether oxygens (including phenoxy) is 1. The molecule has 2 heterocycles. The summed E-state index contributed by atoms with van der Waals surface area (Å²) in [6.45, 7) is 0. The van der Waals surface area contributed by atoms with Crippen molar-refractivity contribution in [1.29, 1.82) is 0 Å². The van der Waals surface area contributed by atoms with Gasteiger partial charge in [-0.3, -0.25) is 0 Å². The number of aromatic nitrogens is 1. The second-order valence-electron chi connectivity index (χ2n) is 3.74. The molecular formula is C12H14N2O2S2. The molecule has 2 aromatic heterocycles. The van der Waals surface area contributed by atoms with E-state index in [0.29, 0.717) is 5.00 Å². The van der Waals surface area contributed by atoms with E-state index in [0.717, 1.165) is 24.3 Å². The molecule has 0 amide bonds. The maximum absolute atomic E-state index is 11.4. The van der Waals surface area contributed by atoms with E-state index in [1.165, 1.54) is 23.3 Å². The van der Waals surface area contributed by atoms with Crippen molar-refractivity contribution >= 4 is 33.6 Å². The molecule has 0 aliphatic carbocycles. The number of nitrogen functional groups attached to an aromatic ring is 1. The largest absolute Gasteiger partial charge is 0.464 e. The first-order chi connectivity index (χ1) is 8.70. The summed E-state index contributed by atoms with van der Waals surface area (Å²) < 4.78 is 4.62. The van der Waals surface area contributed by atoms with Crippen molar-refractivity contribution in [3.63, 3.8) is 0 Å². The van der Waals surface area contributed by atoms with Gasteiger partial charge in [0.1, 0.15) is 5.00 Å². The molecule has 2 N–H and O–H groups in total. The van der Waals surface area contributed by atoms with Gasteiger partial charge in [-0.1, -0.05) is 6.07 Å². The number of aryl methyl sites for hydroxylation is 2. The molecule has 0 spiro atoms. The molecule has 0 aliphatic heterocycles. The summed E-state index contributed by atoms with van der Waals surface area (Å²) in [6, 6.07) is 4.18. The summed E-state index contributed by atoms with van der Waals surface area (Å²) in [5, 5.41) is 3.41. The molecule has 6 heteroatoms. The van der Waals surface area contributed by atoms with E-state index in [9.17, 15) is 4.79 Å². The highest BCUT2D eigenvalue weighted by molar-refractivity contribution is 7.15. The van der Waals surface area contributed by atoms with Crippen molar-refractivity contribution in [3.8, 4) is 0 Å². The zero-order valence-corrected chi connectivity index (χ0v) is 11.6. The minimum atomic E-state index is -0.465. The second-order valence-corrected chi connectivity index (χ2v) is 5.89. The number of hydrogen-bond acceptors (Lipinski definition) is 6. The number of thiazole rings is 1. The highest BCUT2D eigenvalue weighted by atomic mass is 32.1. The second kappa shape index (κ2) is 5.97. The monoisotopic (exact) mass is 282 g/mol. The number of rotatable bonds is 5. The first-order valence-corrected chi connectivity index (χ1v) is 7.26. The number of carbonyl (C=O) groups is 1. The molecule has 0 atom stereocenters. The fourth-order valence-corrected chi connectivity index (χ4v) is 3.21. The number of carbonyl (C=O) groups excluding carboxylic acids is 1. The molecule has 0 bridgehead atoms. The van der Waals surface area contributed by atoms with E-state index in [1.807, 2.05) is 0 Å². The molecule has 0 aliphatic rings. The highest BCUT2D eigenvalue weighted by Gasteiger charge is 2.16. The van der Waals surface area contributed by atoms with Gasteiger partial charge in [-0.15, -0.1) is 22.7 Å². The molecule has 0 fully saturated rings. The Morgan fingerprint density at radius 1 is 1.50 bits per heavy atom. The van der Waals surface area contributed by atoms with Crippen molar-refractivity contribution < 1.29 is 9.53 Å².